The molecule has 2 amide bonds. The molecule has 0 bridgehead atoms. The van der Waals surface area contributed by atoms with E-state index in [0.717, 1.165) is 37.9 Å². The molecule has 2 N–H and O–H groups in total. The number of para-hydroxylation sites is 1. The van der Waals surface area contributed by atoms with E-state index in [1.807, 2.05) is 24.4 Å². The molecule has 1 fully saturated rings. The maximum absolute atomic E-state index is 11.9. The van der Waals surface area contributed by atoms with E-state index in [1.165, 1.54) is 10.9 Å². The highest BCUT2D eigenvalue weighted by Gasteiger charge is 2.20. The van der Waals surface area contributed by atoms with Crippen molar-refractivity contribution in [3.05, 3.63) is 36.0 Å². The van der Waals surface area contributed by atoms with E-state index in [2.05, 4.69) is 16.4 Å². The van der Waals surface area contributed by atoms with Gasteiger partial charge in [0.05, 0.1) is 0 Å². The molecule has 1 aromatic heterocycles. The van der Waals surface area contributed by atoms with Gasteiger partial charge < -0.3 is 15.2 Å². The molecule has 0 saturated carbocycles. The van der Waals surface area contributed by atoms with Gasteiger partial charge in [-0.2, -0.15) is 0 Å². The summed E-state index contributed by atoms with van der Waals surface area (Å²) in [6.45, 7) is 2.14. The fraction of sp³-hybridized carbons (Fsp3) is 0.412. The summed E-state index contributed by atoms with van der Waals surface area (Å²) in [6.07, 6.45) is 4.80. The van der Waals surface area contributed by atoms with Gasteiger partial charge in [-0.15, -0.1) is 0 Å². The van der Waals surface area contributed by atoms with Gasteiger partial charge in [-0.05, 0) is 30.9 Å². The first-order valence-corrected chi connectivity index (χ1v) is 7.83. The Morgan fingerprint density at radius 1 is 1.18 bits per heavy atom. The molecule has 0 unspecified atom stereocenters. The molecule has 5 nitrogen and oxygen atoms in total. The number of amides is 2. The van der Waals surface area contributed by atoms with Crippen LogP contribution in [-0.2, 0) is 16.0 Å². The average molecular weight is 299 g/mol. The lowest BCUT2D eigenvalue weighted by atomic mass is 10.1. The first-order chi connectivity index (χ1) is 10.7. The van der Waals surface area contributed by atoms with Crippen molar-refractivity contribution in [3.8, 4) is 0 Å². The van der Waals surface area contributed by atoms with Gasteiger partial charge in [0.25, 0.3) is 0 Å². The lowest BCUT2D eigenvalue weighted by Gasteiger charge is -2.14. The van der Waals surface area contributed by atoms with E-state index in [0.29, 0.717) is 6.54 Å². The highest BCUT2D eigenvalue weighted by atomic mass is 16.2. The second-order valence-corrected chi connectivity index (χ2v) is 5.72. The van der Waals surface area contributed by atoms with Gasteiger partial charge in [0, 0.05) is 36.7 Å². The molecular weight excluding hydrogens is 278 g/mol. The second kappa shape index (κ2) is 6.64. The zero-order valence-electron chi connectivity index (χ0n) is 12.6. The van der Waals surface area contributed by atoms with E-state index < -0.39 is 0 Å². The highest BCUT2D eigenvalue weighted by molar-refractivity contribution is 5.97. The number of hydrogen-bond donors (Lipinski definition) is 2. The SMILES string of the molecule is O=C(CC(=O)N1CCCC1)NCCc1c[nH]c2ccccc12. The van der Waals surface area contributed by atoms with E-state index in [-0.39, 0.29) is 18.2 Å². The van der Waals surface area contributed by atoms with Crippen molar-refractivity contribution in [2.45, 2.75) is 25.7 Å². The number of carbonyl (C=O) groups is 2. The van der Waals surface area contributed by atoms with Crippen LogP contribution in [0.1, 0.15) is 24.8 Å². The van der Waals surface area contributed by atoms with Gasteiger partial charge in [-0.1, -0.05) is 18.2 Å². The van der Waals surface area contributed by atoms with Crippen LogP contribution < -0.4 is 5.32 Å². The maximum Gasteiger partial charge on any atom is 0.232 e. The molecule has 0 spiro atoms. The summed E-state index contributed by atoms with van der Waals surface area (Å²) in [5, 5.41) is 4.02. The van der Waals surface area contributed by atoms with Crippen LogP contribution in [0.5, 0.6) is 0 Å². The number of aromatic amines is 1. The summed E-state index contributed by atoms with van der Waals surface area (Å²) in [5.74, 6) is -0.237. The minimum absolute atomic E-state index is 0.0338. The predicted octanol–water partition coefficient (Wildman–Crippen LogP) is 1.84. The molecule has 0 radical (unpaired) electrons. The zero-order valence-corrected chi connectivity index (χ0v) is 12.6. The van der Waals surface area contributed by atoms with Crippen LogP contribution in [0.3, 0.4) is 0 Å². The van der Waals surface area contributed by atoms with E-state index in [9.17, 15) is 9.59 Å². The van der Waals surface area contributed by atoms with Crippen LogP contribution in [0, 0.1) is 0 Å². The van der Waals surface area contributed by atoms with Crippen molar-refractivity contribution in [1.29, 1.82) is 0 Å². The predicted molar refractivity (Wildman–Crippen MR) is 85.4 cm³/mol. The van der Waals surface area contributed by atoms with Gasteiger partial charge in [0.1, 0.15) is 6.42 Å². The van der Waals surface area contributed by atoms with Gasteiger partial charge in [0.15, 0.2) is 0 Å². The lowest BCUT2D eigenvalue weighted by Crippen LogP contribution is -2.34. The first-order valence-electron chi connectivity index (χ1n) is 7.83. The van der Waals surface area contributed by atoms with Gasteiger partial charge in [0.2, 0.25) is 11.8 Å². The van der Waals surface area contributed by atoms with Crippen LogP contribution in [-0.4, -0.2) is 41.3 Å². The average Bonchev–Trinajstić information content (AvgIpc) is 3.17. The molecular formula is C17H21N3O2. The molecule has 2 aromatic rings. The van der Waals surface area contributed by atoms with Crippen LogP contribution in [0.2, 0.25) is 0 Å². The largest absolute Gasteiger partial charge is 0.361 e. The topological polar surface area (TPSA) is 65.2 Å². The molecule has 116 valence electrons. The Labute approximate surface area is 129 Å². The van der Waals surface area contributed by atoms with Gasteiger partial charge in [-0.3, -0.25) is 9.59 Å². The van der Waals surface area contributed by atoms with Crippen molar-refractivity contribution in [2.24, 2.45) is 0 Å². The van der Waals surface area contributed by atoms with E-state index in [4.69, 9.17) is 0 Å². The number of benzene rings is 1. The van der Waals surface area contributed by atoms with Crippen molar-refractivity contribution in [3.63, 3.8) is 0 Å². The Morgan fingerprint density at radius 3 is 2.77 bits per heavy atom. The fourth-order valence-electron chi connectivity index (χ4n) is 2.95. The number of carbonyl (C=O) groups excluding carboxylic acids is 2. The molecule has 1 aliphatic rings. The number of rotatable bonds is 5. The van der Waals surface area contributed by atoms with Crippen LogP contribution in [0.15, 0.2) is 30.5 Å². The minimum atomic E-state index is -0.184. The third kappa shape index (κ3) is 3.30. The molecule has 2 heterocycles. The molecule has 1 saturated heterocycles. The third-order valence-corrected chi connectivity index (χ3v) is 4.16. The quantitative estimate of drug-likeness (QED) is 0.827. The normalized spacial score (nSPS) is 14.5. The number of nitrogens with one attached hydrogen (secondary N) is 2. The smallest absolute Gasteiger partial charge is 0.232 e. The molecule has 5 heteroatoms. The van der Waals surface area contributed by atoms with Gasteiger partial charge >= 0.3 is 0 Å². The summed E-state index contributed by atoms with van der Waals surface area (Å²) in [4.78, 5) is 28.7. The van der Waals surface area contributed by atoms with Crippen molar-refractivity contribution >= 4 is 22.7 Å². The number of hydrogen-bond acceptors (Lipinski definition) is 2. The zero-order chi connectivity index (χ0) is 15.4. The summed E-state index contributed by atoms with van der Waals surface area (Å²) in [5.41, 5.74) is 2.29. The standard InChI is InChI=1S/C17H21N3O2/c21-16(11-17(22)20-9-3-4-10-20)18-8-7-13-12-19-15-6-2-1-5-14(13)15/h1-2,5-6,12,19H,3-4,7-11H2,(H,18,21). The first kappa shape index (κ1) is 14.6. The van der Waals surface area contributed by atoms with Crippen molar-refractivity contribution in [1.82, 2.24) is 15.2 Å². The van der Waals surface area contributed by atoms with E-state index >= 15 is 0 Å². The number of nitrogens with zero attached hydrogens (tertiary/aromatic N) is 1. The maximum atomic E-state index is 11.9. The minimum Gasteiger partial charge on any atom is -0.361 e. The Bertz CT molecular complexity index is 671. The second-order valence-electron chi connectivity index (χ2n) is 5.72. The Kier molecular flexibility index (Phi) is 4.42. The van der Waals surface area contributed by atoms with Crippen LogP contribution in [0.4, 0.5) is 0 Å². The number of fused-ring (bicyclic) bond motifs is 1. The fourth-order valence-corrected chi connectivity index (χ4v) is 2.95. The Morgan fingerprint density at radius 2 is 1.95 bits per heavy atom. The highest BCUT2D eigenvalue weighted by Crippen LogP contribution is 2.17. The molecule has 1 aliphatic heterocycles. The molecule has 0 atom stereocenters. The molecule has 22 heavy (non-hydrogen) atoms. The molecule has 3 rings (SSSR count). The molecule has 0 aliphatic carbocycles. The lowest BCUT2D eigenvalue weighted by molar-refractivity contribution is -0.135. The van der Waals surface area contributed by atoms with Crippen molar-refractivity contribution < 1.29 is 9.59 Å². The van der Waals surface area contributed by atoms with Crippen molar-refractivity contribution in [2.75, 3.05) is 19.6 Å². The summed E-state index contributed by atoms with van der Waals surface area (Å²) in [6, 6.07) is 8.10. The van der Waals surface area contributed by atoms with E-state index in [1.54, 1.807) is 4.90 Å². The Balaban J connectivity index is 1.46. The van der Waals surface area contributed by atoms with Crippen LogP contribution >= 0.6 is 0 Å². The molecule has 1 aromatic carbocycles. The summed E-state index contributed by atoms with van der Waals surface area (Å²) >= 11 is 0. The number of H-pyrrole nitrogens is 1. The summed E-state index contributed by atoms with van der Waals surface area (Å²) in [7, 11) is 0. The number of likely N-dealkylation sites (tertiary alicyclic amines) is 1. The third-order valence-electron chi connectivity index (χ3n) is 4.16. The van der Waals surface area contributed by atoms with Crippen LogP contribution in [0.25, 0.3) is 10.9 Å². The Hall–Kier alpha value is -2.30. The monoisotopic (exact) mass is 299 g/mol. The number of aromatic nitrogens is 1. The summed E-state index contributed by atoms with van der Waals surface area (Å²) < 4.78 is 0. The van der Waals surface area contributed by atoms with Gasteiger partial charge in [-0.25, -0.2) is 0 Å².